The van der Waals surface area contributed by atoms with Crippen LogP contribution in [0.2, 0.25) is 0 Å². The number of benzene rings is 1. The van der Waals surface area contributed by atoms with Crippen LogP contribution < -0.4 is 4.74 Å². The summed E-state index contributed by atoms with van der Waals surface area (Å²) in [5.74, 6) is 3.51. The largest absolute Gasteiger partial charge is 0.508 e. The normalized spacial score (nSPS) is 24.1. The minimum Gasteiger partial charge on any atom is -0.508 e. The van der Waals surface area contributed by atoms with Crippen molar-refractivity contribution in [2.75, 3.05) is 0 Å². The molecule has 2 N–H and O–H groups in total. The summed E-state index contributed by atoms with van der Waals surface area (Å²) in [6, 6.07) is 4.27. The molecule has 4 rings (SSSR count). The second kappa shape index (κ2) is 9.72. The molecule has 1 fully saturated rings. The summed E-state index contributed by atoms with van der Waals surface area (Å²) in [6.07, 6.45) is 15.9. The highest BCUT2D eigenvalue weighted by Crippen LogP contribution is 2.57. The van der Waals surface area contributed by atoms with E-state index in [2.05, 4.69) is 50.7 Å². The molecule has 2 aliphatic rings. The predicted molar refractivity (Wildman–Crippen MR) is 135 cm³/mol. The molecule has 3 atom stereocenters. The van der Waals surface area contributed by atoms with Crippen LogP contribution in [-0.2, 0) is 5.41 Å². The van der Waals surface area contributed by atoms with E-state index in [0.717, 1.165) is 42.8 Å². The fourth-order valence-corrected chi connectivity index (χ4v) is 6.38. The maximum atomic E-state index is 11.3. The molecular formula is C29H44N2O2. The summed E-state index contributed by atoms with van der Waals surface area (Å²) >= 11 is 0. The first-order valence-corrected chi connectivity index (χ1v) is 13.3. The van der Waals surface area contributed by atoms with Crippen LogP contribution in [0, 0.1) is 5.92 Å². The average Bonchev–Trinajstić information content (AvgIpc) is 3.30. The molecule has 4 nitrogen and oxygen atoms in total. The molecule has 0 radical (unpaired) electrons. The summed E-state index contributed by atoms with van der Waals surface area (Å²) < 4.78 is 6.62. The Morgan fingerprint density at radius 1 is 1.12 bits per heavy atom. The number of aromatic nitrogens is 2. The van der Waals surface area contributed by atoms with Gasteiger partial charge in [-0.25, -0.2) is 4.98 Å². The van der Waals surface area contributed by atoms with Crippen LogP contribution >= 0.6 is 0 Å². The second-order valence-corrected chi connectivity index (χ2v) is 11.7. The predicted octanol–water partition coefficient (Wildman–Crippen LogP) is 7.98. The number of imidazole rings is 1. The van der Waals surface area contributed by atoms with E-state index in [-0.39, 0.29) is 11.0 Å². The molecule has 1 aliphatic carbocycles. The molecule has 0 amide bonds. The Kier molecular flexibility index (Phi) is 7.12. The minimum absolute atomic E-state index is 0.0187. The van der Waals surface area contributed by atoms with Gasteiger partial charge in [-0.15, -0.1) is 0 Å². The van der Waals surface area contributed by atoms with E-state index in [4.69, 9.17) is 4.74 Å². The number of ether oxygens (including phenoxy) is 1. The van der Waals surface area contributed by atoms with Crippen LogP contribution in [0.4, 0.5) is 0 Å². The zero-order valence-corrected chi connectivity index (χ0v) is 21.4. The zero-order chi connectivity index (χ0) is 23.6. The number of hydrogen-bond acceptors (Lipinski definition) is 3. The SMILES string of the molecule is CCCCCCCCC(C)(C)c1cc(O)c2c(c1)OC(C)(C)C1CCC(c3ncc[nH]3)CC21. The van der Waals surface area contributed by atoms with Crippen LogP contribution in [0.5, 0.6) is 11.5 Å². The Hall–Kier alpha value is -1.97. The lowest BCUT2D eigenvalue weighted by atomic mass is 9.63. The van der Waals surface area contributed by atoms with Gasteiger partial charge in [0.15, 0.2) is 0 Å². The molecule has 1 saturated carbocycles. The van der Waals surface area contributed by atoms with Crippen molar-refractivity contribution in [1.29, 1.82) is 0 Å². The van der Waals surface area contributed by atoms with Crippen molar-refractivity contribution < 1.29 is 9.84 Å². The number of phenols is 1. The van der Waals surface area contributed by atoms with E-state index in [1.54, 1.807) is 0 Å². The quantitative estimate of drug-likeness (QED) is 0.379. The van der Waals surface area contributed by atoms with Gasteiger partial charge in [0.1, 0.15) is 22.9 Å². The summed E-state index contributed by atoms with van der Waals surface area (Å²) in [5.41, 5.74) is 2.00. The highest BCUT2D eigenvalue weighted by atomic mass is 16.5. The number of fused-ring (bicyclic) bond motifs is 3. The van der Waals surface area contributed by atoms with Crippen LogP contribution in [0.25, 0.3) is 0 Å². The van der Waals surface area contributed by atoms with Crippen molar-refractivity contribution in [3.8, 4) is 11.5 Å². The zero-order valence-electron chi connectivity index (χ0n) is 21.4. The first-order valence-electron chi connectivity index (χ1n) is 13.3. The maximum absolute atomic E-state index is 11.3. The van der Waals surface area contributed by atoms with Crippen LogP contribution in [0.15, 0.2) is 24.5 Å². The fraction of sp³-hybridized carbons (Fsp3) is 0.690. The molecule has 182 valence electrons. The molecular weight excluding hydrogens is 408 g/mol. The number of phenolic OH excluding ortho intramolecular Hbond substituents is 1. The van der Waals surface area contributed by atoms with Gasteiger partial charge >= 0.3 is 0 Å². The van der Waals surface area contributed by atoms with Crippen molar-refractivity contribution in [2.45, 2.75) is 122 Å². The number of hydrogen-bond donors (Lipinski definition) is 2. The maximum Gasteiger partial charge on any atom is 0.127 e. The molecule has 0 saturated heterocycles. The summed E-state index contributed by atoms with van der Waals surface area (Å²) in [5, 5.41) is 11.3. The van der Waals surface area contributed by atoms with Crippen LogP contribution in [0.1, 0.15) is 128 Å². The van der Waals surface area contributed by atoms with Crippen molar-refractivity contribution >= 4 is 0 Å². The molecule has 1 aromatic carbocycles. The molecule has 3 unspecified atom stereocenters. The van der Waals surface area contributed by atoms with E-state index in [9.17, 15) is 5.11 Å². The van der Waals surface area contributed by atoms with Crippen molar-refractivity contribution in [1.82, 2.24) is 9.97 Å². The van der Waals surface area contributed by atoms with Gasteiger partial charge in [0.25, 0.3) is 0 Å². The lowest BCUT2D eigenvalue weighted by molar-refractivity contribution is -0.0109. The highest BCUT2D eigenvalue weighted by molar-refractivity contribution is 5.53. The van der Waals surface area contributed by atoms with E-state index in [0.29, 0.717) is 23.5 Å². The minimum atomic E-state index is -0.236. The Balaban J connectivity index is 1.55. The lowest BCUT2D eigenvalue weighted by Crippen LogP contribution is -2.46. The highest BCUT2D eigenvalue weighted by Gasteiger charge is 2.48. The third-order valence-electron chi connectivity index (χ3n) is 8.45. The molecule has 1 aliphatic heterocycles. The topological polar surface area (TPSA) is 58.1 Å². The van der Waals surface area contributed by atoms with Crippen molar-refractivity contribution in [3.63, 3.8) is 0 Å². The van der Waals surface area contributed by atoms with Gasteiger partial charge in [0.2, 0.25) is 0 Å². The van der Waals surface area contributed by atoms with Gasteiger partial charge in [0, 0.05) is 29.8 Å². The van der Waals surface area contributed by atoms with Gasteiger partial charge in [-0.2, -0.15) is 0 Å². The number of unbranched alkanes of at least 4 members (excludes halogenated alkanes) is 5. The number of nitrogens with zero attached hydrogens (tertiary/aromatic N) is 1. The first kappa shape index (κ1) is 24.2. The van der Waals surface area contributed by atoms with Gasteiger partial charge in [-0.3, -0.25) is 0 Å². The lowest BCUT2D eigenvalue weighted by Gasteiger charge is -2.49. The summed E-state index contributed by atoms with van der Waals surface area (Å²) in [4.78, 5) is 7.86. The third kappa shape index (κ3) is 5.10. The molecule has 4 heteroatoms. The smallest absolute Gasteiger partial charge is 0.127 e. The average molecular weight is 453 g/mol. The molecule has 33 heavy (non-hydrogen) atoms. The third-order valence-corrected chi connectivity index (χ3v) is 8.45. The standard InChI is InChI=1S/C29H44N2O2/c1-6-7-8-9-10-11-14-28(2,3)21-18-24(32)26-22-17-20(27-30-15-16-31-27)12-13-23(22)29(4,5)33-25(26)19-21/h15-16,18-20,22-23,32H,6-14,17H2,1-5H3,(H,30,31). The summed E-state index contributed by atoms with van der Waals surface area (Å²) in [7, 11) is 0. The Bertz CT molecular complexity index is 916. The first-order chi connectivity index (χ1) is 15.7. The Morgan fingerprint density at radius 3 is 2.61 bits per heavy atom. The van der Waals surface area contributed by atoms with Gasteiger partial charge in [0.05, 0.1) is 0 Å². The van der Waals surface area contributed by atoms with E-state index < -0.39 is 0 Å². The number of rotatable bonds is 9. The van der Waals surface area contributed by atoms with Crippen LogP contribution in [-0.4, -0.2) is 20.7 Å². The Labute approximate surface area is 200 Å². The number of H-pyrrole nitrogens is 1. The van der Waals surface area contributed by atoms with Gasteiger partial charge < -0.3 is 14.8 Å². The second-order valence-electron chi connectivity index (χ2n) is 11.7. The number of nitrogens with one attached hydrogen (secondary N) is 1. The van der Waals surface area contributed by atoms with Crippen molar-refractivity contribution in [2.24, 2.45) is 5.92 Å². The van der Waals surface area contributed by atoms with Gasteiger partial charge in [-0.05, 0) is 68.6 Å². The van der Waals surface area contributed by atoms with Crippen molar-refractivity contribution in [3.05, 3.63) is 41.5 Å². The van der Waals surface area contributed by atoms with Gasteiger partial charge in [-0.1, -0.05) is 59.3 Å². The monoisotopic (exact) mass is 452 g/mol. The molecule has 2 heterocycles. The number of aromatic hydroxyl groups is 1. The number of aromatic amines is 1. The van der Waals surface area contributed by atoms with Crippen LogP contribution in [0.3, 0.4) is 0 Å². The van der Waals surface area contributed by atoms with E-state index in [1.165, 1.54) is 44.1 Å². The molecule has 0 bridgehead atoms. The fourth-order valence-electron chi connectivity index (χ4n) is 6.38. The molecule has 2 aromatic rings. The molecule has 0 spiro atoms. The van der Waals surface area contributed by atoms with E-state index in [1.807, 2.05) is 18.5 Å². The molecule has 1 aromatic heterocycles. The van der Waals surface area contributed by atoms with E-state index >= 15 is 0 Å². The summed E-state index contributed by atoms with van der Waals surface area (Å²) in [6.45, 7) is 11.3. The Morgan fingerprint density at radius 2 is 1.88 bits per heavy atom.